The minimum atomic E-state index is -0.846. The minimum Gasteiger partial charge on any atom is -0.230 e. The molecule has 366 valence electrons. The molecule has 1 saturated carbocycles. The van der Waals surface area contributed by atoms with Crippen molar-refractivity contribution in [1.82, 2.24) is 0 Å². The minimum absolute atomic E-state index is 0.125. The van der Waals surface area contributed by atoms with E-state index in [1.807, 2.05) is 180 Å². The lowest BCUT2D eigenvalue weighted by Crippen LogP contribution is -2.48. The van der Waals surface area contributed by atoms with Gasteiger partial charge in [0.1, 0.15) is 0 Å². The second-order valence-corrected chi connectivity index (χ2v) is 25.7. The van der Waals surface area contributed by atoms with Crippen molar-refractivity contribution in [3.05, 3.63) is 0 Å². The summed E-state index contributed by atoms with van der Waals surface area (Å²) < 4.78 is 0. The molecule has 0 radical (unpaired) electrons. The van der Waals surface area contributed by atoms with E-state index in [0.717, 1.165) is 32.1 Å². The summed E-state index contributed by atoms with van der Waals surface area (Å²) in [6, 6.07) is 0. The summed E-state index contributed by atoms with van der Waals surface area (Å²) in [5, 5.41) is 0. The molecule has 0 aromatic carbocycles. The molecule has 12 nitrogen and oxygen atoms in total. The van der Waals surface area contributed by atoms with Crippen LogP contribution in [0.2, 0.25) is 0 Å². The summed E-state index contributed by atoms with van der Waals surface area (Å²) in [5.41, 5.74) is -4.19. The van der Waals surface area contributed by atoms with Crippen molar-refractivity contribution < 1.29 is 58.7 Å². The number of hydrogen-bond donors (Lipinski definition) is 0. The van der Waals surface area contributed by atoms with E-state index in [1.54, 1.807) is 0 Å². The molecule has 0 heterocycles. The lowest BCUT2D eigenvalue weighted by molar-refractivity contribution is -0.551. The molecule has 1 aliphatic rings. The molecule has 0 spiro atoms. The molecule has 1 fully saturated rings. The average molecular weight is 879 g/mol. The Morgan fingerprint density at radius 2 is 0.639 bits per heavy atom. The molecule has 61 heavy (non-hydrogen) atoms. The Morgan fingerprint density at radius 3 is 0.885 bits per heavy atom. The first kappa shape index (κ1) is 62.2. The van der Waals surface area contributed by atoms with Crippen LogP contribution >= 0.6 is 0 Å². The fraction of sp³-hybridized carbons (Fsp3) is 0.959. The predicted octanol–water partition coefficient (Wildman–Crippen LogP) is 13.9. The Morgan fingerprint density at radius 1 is 0.377 bits per heavy atom. The van der Waals surface area contributed by atoms with Crippen molar-refractivity contribution in [2.75, 3.05) is 0 Å². The van der Waals surface area contributed by atoms with Gasteiger partial charge in [0.15, 0.2) is 11.2 Å². The first-order chi connectivity index (χ1) is 26.5. The zero-order valence-electron chi connectivity index (χ0n) is 45.0. The Hall–Kier alpha value is -0.920. The normalized spacial score (nSPS) is 18.3. The van der Waals surface area contributed by atoms with E-state index in [9.17, 15) is 0 Å². The predicted molar refractivity (Wildman–Crippen MR) is 244 cm³/mol. The first-order valence-electron chi connectivity index (χ1n) is 22.2. The largest absolute Gasteiger partial charge is 0.234 e. The van der Waals surface area contributed by atoms with E-state index in [1.165, 1.54) is 0 Å². The van der Waals surface area contributed by atoms with Gasteiger partial charge in [-0.2, -0.15) is 9.78 Å². The van der Waals surface area contributed by atoms with Crippen molar-refractivity contribution >= 4 is 0 Å². The van der Waals surface area contributed by atoms with Gasteiger partial charge in [0.2, 0.25) is 5.79 Å². The second-order valence-electron chi connectivity index (χ2n) is 25.7. The fourth-order valence-corrected chi connectivity index (χ4v) is 4.92. The zero-order chi connectivity index (χ0) is 49.0. The van der Waals surface area contributed by atoms with Crippen LogP contribution in [0.1, 0.15) is 233 Å². The molecule has 0 bridgehead atoms. The van der Waals surface area contributed by atoms with Gasteiger partial charge in [-0.05, 0) is 211 Å². The summed E-state index contributed by atoms with van der Waals surface area (Å²) in [6.07, 6.45) is 4.28. The van der Waals surface area contributed by atoms with E-state index in [2.05, 4.69) is 32.6 Å². The van der Waals surface area contributed by atoms with E-state index in [0.29, 0.717) is 5.92 Å². The molecule has 0 amide bonds. The molecule has 1 rings (SSSR count). The van der Waals surface area contributed by atoms with E-state index >= 15 is 0 Å². The molecule has 0 N–H and O–H groups in total. The lowest BCUT2D eigenvalue weighted by atomic mass is 9.70. The summed E-state index contributed by atoms with van der Waals surface area (Å²) >= 11 is 0. The SMILES string of the molecule is CC(C)(C)OOC(C)(C)C#CC(C)(C)OOC(C)(C)C.CC(C)(C)OOC(C)(C)CCC(C)(C)OOC(C)(C)C.CC1CC(C)(C)CC(OOC(C)(C)C)(OOC(C)(C)C)C1. The van der Waals surface area contributed by atoms with Crippen LogP contribution in [0.3, 0.4) is 0 Å². The Bertz CT molecular complexity index is 1210. The smallest absolute Gasteiger partial charge is 0.230 e. The molecular weight excluding hydrogens is 781 g/mol. The van der Waals surface area contributed by atoms with Crippen LogP contribution in [-0.4, -0.2) is 61.8 Å². The van der Waals surface area contributed by atoms with Crippen LogP contribution in [0.5, 0.6) is 0 Å². The van der Waals surface area contributed by atoms with E-state index in [4.69, 9.17) is 58.7 Å². The van der Waals surface area contributed by atoms with Crippen LogP contribution < -0.4 is 0 Å². The third kappa shape index (κ3) is 38.1. The van der Waals surface area contributed by atoms with E-state index < -0.39 is 17.0 Å². The summed E-state index contributed by atoms with van der Waals surface area (Å²) in [7, 11) is 0. The van der Waals surface area contributed by atoms with Crippen LogP contribution in [0.25, 0.3) is 0 Å². The molecule has 1 unspecified atom stereocenters. The average Bonchev–Trinajstić information content (AvgIpc) is 3.00. The van der Waals surface area contributed by atoms with Gasteiger partial charge in [-0.3, -0.25) is 0 Å². The highest BCUT2D eigenvalue weighted by molar-refractivity contribution is 5.17. The Kier molecular flexibility index (Phi) is 23.4. The van der Waals surface area contributed by atoms with Gasteiger partial charge in [0.25, 0.3) is 0 Å². The van der Waals surface area contributed by atoms with Gasteiger partial charge in [0.05, 0.1) is 44.8 Å². The second kappa shape index (κ2) is 23.0. The standard InChI is InChI=1S/C17H34O4.C16H34O4.C16H30O4/c1-13-10-16(8,9)12-17(11-13,20-18-14(2,3)4)21-19-15(5,6)7;2*1-13(2,3)17-19-15(7,8)11-12-16(9,10)20-18-14(4,5)6/h13H,10-12H2,1-9H3;11-12H2,1-10H3;1-10H3. The van der Waals surface area contributed by atoms with Gasteiger partial charge < -0.3 is 0 Å². The highest BCUT2D eigenvalue weighted by Gasteiger charge is 2.48. The Labute approximate surface area is 375 Å². The maximum atomic E-state index is 5.79. The maximum Gasteiger partial charge on any atom is 0.234 e. The molecular formula is C49H98O12. The van der Waals surface area contributed by atoms with Crippen molar-refractivity contribution in [2.24, 2.45) is 11.3 Å². The summed E-state index contributed by atoms with van der Waals surface area (Å²) in [4.78, 5) is 65.9. The van der Waals surface area contributed by atoms with Crippen molar-refractivity contribution in [2.45, 2.75) is 295 Å². The van der Waals surface area contributed by atoms with Crippen LogP contribution in [-0.2, 0) is 58.7 Å². The number of hydrogen-bond acceptors (Lipinski definition) is 12. The van der Waals surface area contributed by atoms with Crippen molar-refractivity contribution in [1.29, 1.82) is 0 Å². The van der Waals surface area contributed by atoms with Crippen LogP contribution in [0, 0.1) is 23.2 Å². The first-order valence-corrected chi connectivity index (χ1v) is 22.2. The molecule has 0 aliphatic heterocycles. The molecule has 1 atom stereocenters. The molecule has 0 aromatic rings. The molecule has 0 saturated heterocycles. The molecule has 0 aromatic heterocycles. The Balaban J connectivity index is 0. The summed E-state index contributed by atoms with van der Waals surface area (Å²) in [5.74, 6) is 5.65. The zero-order valence-corrected chi connectivity index (χ0v) is 45.0. The third-order valence-electron chi connectivity index (χ3n) is 7.22. The van der Waals surface area contributed by atoms with Gasteiger partial charge in [0, 0.05) is 12.8 Å². The van der Waals surface area contributed by atoms with E-state index in [-0.39, 0.29) is 50.2 Å². The third-order valence-corrected chi connectivity index (χ3v) is 7.22. The van der Waals surface area contributed by atoms with Gasteiger partial charge in [-0.25, -0.2) is 48.9 Å². The quantitative estimate of drug-likeness (QED) is 0.0676. The van der Waals surface area contributed by atoms with Crippen LogP contribution in [0.15, 0.2) is 0 Å². The number of rotatable bonds is 15. The monoisotopic (exact) mass is 879 g/mol. The summed E-state index contributed by atoms with van der Waals surface area (Å²) in [6.45, 7) is 57.2. The topological polar surface area (TPSA) is 111 Å². The lowest BCUT2D eigenvalue weighted by Gasteiger charge is -2.46. The fourth-order valence-electron chi connectivity index (χ4n) is 4.92. The molecule has 12 heteroatoms. The van der Waals surface area contributed by atoms with Crippen molar-refractivity contribution in [3.8, 4) is 11.8 Å². The van der Waals surface area contributed by atoms with Gasteiger partial charge >= 0.3 is 0 Å². The van der Waals surface area contributed by atoms with Gasteiger partial charge in [-0.15, -0.1) is 0 Å². The molecule has 1 aliphatic carbocycles. The maximum absolute atomic E-state index is 5.79. The van der Waals surface area contributed by atoms with Crippen molar-refractivity contribution in [3.63, 3.8) is 0 Å². The highest BCUT2D eigenvalue weighted by atomic mass is 17.3. The van der Waals surface area contributed by atoms with Crippen LogP contribution in [0.4, 0.5) is 0 Å². The van der Waals surface area contributed by atoms with Gasteiger partial charge in [-0.1, -0.05) is 32.6 Å². The highest BCUT2D eigenvalue weighted by Crippen LogP contribution is 2.47.